The van der Waals surface area contributed by atoms with Crippen molar-refractivity contribution in [1.29, 1.82) is 0 Å². The molecule has 0 amide bonds. The van der Waals surface area contributed by atoms with Gasteiger partial charge in [-0.25, -0.2) is 0 Å². The van der Waals surface area contributed by atoms with Gasteiger partial charge in [-0.2, -0.15) is 0 Å². The number of para-hydroxylation sites is 1. The average Bonchev–Trinajstić information content (AvgIpc) is 3.39. The highest BCUT2D eigenvalue weighted by Gasteiger charge is 2.28. The van der Waals surface area contributed by atoms with E-state index in [2.05, 4.69) is 61.3 Å². The molecular weight excluding hydrogens is 312 g/mol. The summed E-state index contributed by atoms with van der Waals surface area (Å²) in [6.45, 7) is 10.0. The monoisotopic (exact) mass is 346 g/mol. The van der Waals surface area contributed by atoms with Crippen molar-refractivity contribution in [1.82, 2.24) is 15.5 Å². The number of aliphatic imine (C=N–C) groups is 1. The fourth-order valence-corrected chi connectivity index (χ4v) is 2.71. The summed E-state index contributed by atoms with van der Waals surface area (Å²) in [6, 6.07) is 9.41. The Hall–Kier alpha value is -1.75. The van der Waals surface area contributed by atoms with E-state index in [-0.39, 0.29) is 5.60 Å². The van der Waals surface area contributed by atoms with Crippen LogP contribution < -0.4 is 15.4 Å². The van der Waals surface area contributed by atoms with E-state index in [1.165, 1.54) is 12.8 Å². The highest BCUT2D eigenvalue weighted by atomic mass is 16.5. The first-order chi connectivity index (χ1) is 11.8. The first kappa shape index (κ1) is 19.6. The van der Waals surface area contributed by atoms with E-state index < -0.39 is 0 Å². The maximum atomic E-state index is 6.05. The number of benzene rings is 1. The normalized spacial score (nSPS) is 16.7. The van der Waals surface area contributed by atoms with Crippen LogP contribution in [0.3, 0.4) is 0 Å². The van der Waals surface area contributed by atoms with Crippen LogP contribution in [0.4, 0.5) is 0 Å². The van der Waals surface area contributed by atoms with Crippen LogP contribution in [0.5, 0.6) is 5.75 Å². The summed E-state index contributed by atoms with van der Waals surface area (Å²) in [5.41, 5.74) is 0.919. The summed E-state index contributed by atoms with van der Waals surface area (Å²) >= 11 is 0. The maximum absolute atomic E-state index is 6.05. The van der Waals surface area contributed by atoms with Crippen molar-refractivity contribution in [2.24, 2.45) is 4.99 Å². The number of rotatable bonds is 7. The molecule has 140 valence electrons. The zero-order chi connectivity index (χ0) is 18.4. The third-order valence-corrected chi connectivity index (χ3v) is 4.44. The molecule has 2 N–H and O–H groups in total. The molecule has 1 aliphatic carbocycles. The molecule has 0 saturated heterocycles. The standard InChI is InChI=1S/C20H34N4O/c1-15(24(6)17-11-12-17)13-22-19(21-5)23-14-16-9-7-8-10-18(16)25-20(2,3)4/h7-10,15,17H,11-14H2,1-6H3,(H2,21,22,23). The molecule has 1 fully saturated rings. The summed E-state index contributed by atoms with van der Waals surface area (Å²) < 4.78 is 6.05. The van der Waals surface area contributed by atoms with Gasteiger partial charge in [0.2, 0.25) is 0 Å². The van der Waals surface area contributed by atoms with Crippen LogP contribution in [0.2, 0.25) is 0 Å². The molecule has 0 spiro atoms. The van der Waals surface area contributed by atoms with E-state index >= 15 is 0 Å². The van der Waals surface area contributed by atoms with Crippen LogP contribution in [0, 0.1) is 0 Å². The Morgan fingerprint density at radius 1 is 1.28 bits per heavy atom. The van der Waals surface area contributed by atoms with Crippen molar-refractivity contribution >= 4 is 5.96 Å². The van der Waals surface area contributed by atoms with Gasteiger partial charge in [0.15, 0.2) is 5.96 Å². The van der Waals surface area contributed by atoms with Gasteiger partial charge in [0, 0.05) is 37.8 Å². The molecular formula is C20H34N4O. The van der Waals surface area contributed by atoms with Gasteiger partial charge in [-0.3, -0.25) is 9.89 Å². The lowest BCUT2D eigenvalue weighted by Crippen LogP contribution is -2.45. The van der Waals surface area contributed by atoms with Crippen LogP contribution in [0.15, 0.2) is 29.3 Å². The zero-order valence-electron chi connectivity index (χ0n) is 16.6. The van der Waals surface area contributed by atoms with Crippen LogP contribution >= 0.6 is 0 Å². The number of nitrogens with one attached hydrogen (secondary N) is 2. The Kier molecular flexibility index (Phi) is 6.71. The minimum atomic E-state index is -0.209. The van der Waals surface area contributed by atoms with Crippen molar-refractivity contribution in [3.8, 4) is 5.75 Å². The lowest BCUT2D eigenvalue weighted by molar-refractivity contribution is 0.129. The second-order valence-electron chi connectivity index (χ2n) is 7.87. The summed E-state index contributed by atoms with van der Waals surface area (Å²) in [7, 11) is 4.02. The maximum Gasteiger partial charge on any atom is 0.191 e. The molecule has 0 bridgehead atoms. The Morgan fingerprint density at radius 3 is 2.56 bits per heavy atom. The second-order valence-corrected chi connectivity index (χ2v) is 7.87. The molecule has 0 heterocycles. The fraction of sp³-hybridized carbons (Fsp3) is 0.650. The van der Waals surface area contributed by atoms with Crippen molar-refractivity contribution in [2.45, 2.75) is 64.8 Å². The number of likely N-dealkylation sites (N-methyl/N-ethyl adjacent to an activating group) is 1. The van der Waals surface area contributed by atoms with Crippen LogP contribution in [0.1, 0.15) is 46.1 Å². The van der Waals surface area contributed by atoms with Gasteiger partial charge in [-0.15, -0.1) is 0 Å². The minimum absolute atomic E-state index is 0.209. The summed E-state index contributed by atoms with van der Waals surface area (Å²) in [6.07, 6.45) is 2.66. The van der Waals surface area contributed by atoms with E-state index in [0.29, 0.717) is 12.6 Å². The molecule has 1 saturated carbocycles. The molecule has 1 unspecified atom stereocenters. The van der Waals surface area contributed by atoms with E-state index in [1.807, 2.05) is 25.2 Å². The lowest BCUT2D eigenvalue weighted by atomic mass is 10.1. The summed E-state index contributed by atoms with van der Waals surface area (Å²) in [5.74, 6) is 1.74. The van der Waals surface area contributed by atoms with Crippen molar-refractivity contribution < 1.29 is 4.74 Å². The second kappa shape index (κ2) is 8.56. The highest BCUT2D eigenvalue weighted by molar-refractivity contribution is 5.79. The molecule has 1 aromatic carbocycles. The van der Waals surface area contributed by atoms with Gasteiger partial charge in [-0.1, -0.05) is 18.2 Å². The smallest absolute Gasteiger partial charge is 0.191 e. The Labute approximate surface area is 152 Å². The van der Waals surface area contributed by atoms with E-state index in [4.69, 9.17) is 4.74 Å². The number of hydrogen-bond acceptors (Lipinski definition) is 3. The van der Waals surface area contributed by atoms with Crippen molar-refractivity contribution in [3.63, 3.8) is 0 Å². The van der Waals surface area contributed by atoms with E-state index in [0.717, 1.165) is 29.9 Å². The largest absolute Gasteiger partial charge is 0.488 e. The third kappa shape index (κ3) is 6.58. The first-order valence-electron chi connectivity index (χ1n) is 9.23. The molecule has 1 aromatic rings. The Morgan fingerprint density at radius 2 is 1.96 bits per heavy atom. The Bertz CT molecular complexity index is 575. The predicted octanol–water partition coefficient (Wildman–Crippen LogP) is 3.01. The molecule has 0 aromatic heterocycles. The quantitative estimate of drug-likeness (QED) is 0.589. The average molecular weight is 347 g/mol. The summed E-state index contributed by atoms with van der Waals surface area (Å²) in [4.78, 5) is 6.79. The third-order valence-electron chi connectivity index (χ3n) is 4.44. The number of nitrogens with zero attached hydrogens (tertiary/aromatic N) is 2. The molecule has 1 aliphatic rings. The molecule has 0 radical (unpaired) electrons. The minimum Gasteiger partial charge on any atom is -0.488 e. The summed E-state index contributed by atoms with van der Waals surface area (Å²) in [5, 5.41) is 6.82. The van der Waals surface area contributed by atoms with E-state index in [1.54, 1.807) is 0 Å². The van der Waals surface area contributed by atoms with Gasteiger partial charge in [0.25, 0.3) is 0 Å². The van der Waals surface area contributed by atoms with Gasteiger partial charge < -0.3 is 15.4 Å². The highest BCUT2D eigenvalue weighted by Crippen LogP contribution is 2.26. The van der Waals surface area contributed by atoms with E-state index in [9.17, 15) is 0 Å². The van der Waals surface area contributed by atoms with Crippen LogP contribution in [0.25, 0.3) is 0 Å². The molecule has 2 rings (SSSR count). The topological polar surface area (TPSA) is 48.9 Å². The zero-order valence-corrected chi connectivity index (χ0v) is 16.6. The first-order valence-corrected chi connectivity index (χ1v) is 9.23. The Balaban J connectivity index is 1.86. The fourth-order valence-electron chi connectivity index (χ4n) is 2.71. The van der Waals surface area contributed by atoms with Crippen molar-refractivity contribution in [2.75, 3.05) is 20.6 Å². The SMILES string of the molecule is CN=C(NCc1ccccc1OC(C)(C)C)NCC(C)N(C)C1CC1. The lowest BCUT2D eigenvalue weighted by Gasteiger charge is -2.26. The number of hydrogen-bond donors (Lipinski definition) is 2. The molecule has 25 heavy (non-hydrogen) atoms. The number of ether oxygens (including phenoxy) is 1. The molecule has 0 aliphatic heterocycles. The molecule has 5 nitrogen and oxygen atoms in total. The van der Waals surface area contributed by atoms with Crippen molar-refractivity contribution in [3.05, 3.63) is 29.8 Å². The molecule has 1 atom stereocenters. The van der Waals surface area contributed by atoms with Crippen LogP contribution in [-0.4, -0.2) is 49.2 Å². The van der Waals surface area contributed by atoms with Gasteiger partial charge >= 0.3 is 0 Å². The van der Waals surface area contributed by atoms with Crippen LogP contribution in [-0.2, 0) is 6.54 Å². The van der Waals surface area contributed by atoms with Gasteiger partial charge in [-0.05, 0) is 53.7 Å². The molecule has 5 heteroatoms. The number of guanidine groups is 1. The van der Waals surface area contributed by atoms with Gasteiger partial charge in [0.05, 0.1) is 0 Å². The predicted molar refractivity (Wildman–Crippen MR) is 105 cm³/mol. The van der Waals surface area contributed by atoms with Gasteiger partial charge in [0.1, 0.15) is 11.4 Å².